The number of sulfone groups is 1. The van der Waals surface area contributed by atoms with Gasteiger partial charge in [-0.05, 0) is 49.1 Å². The van der Waals surface area contributed by atoms with Crippen LogP contribution >= 0.6 is 0 Å². The molecular weight excluding hydrogens is 526 g/mol. The van der Waals surface area contributed by atoms with Gasteiger partial charge in [-0.2, -0.15) is 26.3 Å². The maximum Gasteiger partial charge on any atom is 0.435 e. The summed E-state index contributed by atoms with van der Waals surface area (Å²) in [5.74, 6) is -1.59. The van der Waals surface area contributed by atoms with Gasteiger partial charge in [-0.1, -0.05) is 24.3 Å². The standard InChI is InChI=1S/C22H19F8NO4S/c23-15-5-7-17(8-6-15)36(34,35)19(10-9-16(11-19)31-18(33)12-32)13-1-3-14(4-2-13)20(24,21(25,26)27)22(28,29)30/h1-8,16,32H,9-12H2,(H,31,33)/t16-,19+/m1/s1. The molecule has 36 heavy (non-hydrogen) atoms. The SMILES string of the molecule is O=C(CO)N[C@@H]1CC[C@](c2ccc(C(F)(C(F)(F)F)C(F)(F)F)cc2)(S(=O)(=O)c2ccc(F)cc2)C1. The highest BCUT2D eigenvalue weighted by Crippen LogP contribution is 2.54. The Labute approximate surface area is 200 Å². The van der Waals surface area contributed by atoms with Gasteiger partial charge in [0.05, 0.1) is 4.90 Å². The lowest BCUT2D eigenvalue weighted by Crippen LogP contribution is -2.50. The third-order valence-electron chi connectivity index (χ3n) is 6.21. The first-order valence-corrected chi connectivity index (χ1v) is 11.8. The molecule has 14 heteroatoms. The van der Waals surface area contributed by atoms with Gasteiger partial charge in [0, 0.05) is 11.6 Å². The second-order valence-electron chi connectivity index (χ2n) is 8.35. The Kier molecular flexibility index (Phi) is 7.18. The van der Waals surface area contributed by atoms with Crippen LogP contribution in [0.5, 0.6) is 0 Å². The molecule has 0 heterocycles. The molecule has 5 nitrogen and oxygen atoms in total. The van der Waals surface area contributed by atoms with Crippen molar-refractivity contribution in [3.8, 4) is 0 Å². The maximum atomic E-state index is 14.4. The zero-order valence-corrected chi connectivity index (χ0v) is 18.9. The molecule has 1 amide bonds. The summed E-state index contributed by atoms with van der Waals surface area (Å²) in [7, 11) is -4.47. The Bertz CT molecular complexity index is 1200. The fraction of sp³-hybridized carbons (Fsp3) is 0.409. The molecule has 0 spiro atoms. The van der Waals surface area contributed by atoms with E-state index in [4.69, 9.17) is 5.11 Å². The monoisotopic (exact) mass is 545 g/mol. The molecule has 0 bridgehead atoms. The van der Waals surface area contributed by atoms with Crippen LogP contribution in [0.1, 0.15) is 30.4 Å². The van der Waals surface area contributed by atoms with Gasteiger partial charge in [0.25, 0.3) is 0 Å². The molecule has 0 saturated heterocycles. The van der Waals surface area contributed by atoms with E-state index in [1.54, 1.807) is 0 Å². The zero-order chi connectivity index (χ0) is 27.2. The van der Waals surface area contributed by atoms with E-state index in [-0.39, 0.29) is 41.9 Å². The van der Waals surface area contributed by atoms with Gasteiger partial charge in [0.1, 0.15) is 17.2 Å². The summed E-state index contributed by atoms with van der Waals surface area (Å²) in [5, 5.41) is 11.3. The number of carbonyl (C=O) groups excluding carboxylic acids is 1. The molecule has 2 atom stereocenters. The second kappa shape index (κ2) is 9.29. The van der Waals surface area contributed by atoms with E-state index in [9.17, 15) is 48.3 Å². The number of amides is 1. The lowest BCUT2D eigenvalue weighted by Gasteiger charge is -2.32. The van der Waals surface area contributed by atoms with E-state index in [1.165, 1.54) is 0 Å². The molecule has 1 fully saturated rings. The number of hydrogen-bond donors (Lipinski definition) is 2. The molecule has 1 saturated carbocycles. The fourth-order valence-corrected chi connectivity index (χ4v) is 6.60. The van der Waals surface area contributed by atoms with Crippen LogP contribution in [0.4, 0.5) is 35.1 Å². The van der Waals surface area contributed by atoms with Crippen molar-refractivity contribution in [3.05, 3.63) is 65.5 Å². The topological polar surface area (TPSA) is 83.5 Å². The number of carbonyl (C=O) groups is 1. The minimum atomic E-state index is -6.35. The molecule has 2 aromatic carbocycles. The van der Waals surface area contributed by atoms with E-state index in [1.807, 2.05) is 0 Å². The number of alkyl halides is 7. The molecule has 2 N–H and O–H groups in total. The summed E-state index contributed by atoms with van der Waals surface area (Å²) in [6, 6.07) is 4.54. The molecular formula is C22H19F8NO4S. The normalized spacial score (nSPS) is 21.4. The van der Waals surface area contributed by atoms with Gasteiger partial charge in [0.2, 0.25) is 5.91 Å². The summed E-state index contributed by atoms with van der Waals surface area (Å²) in [6.07, 6.45) is -13.3. The minimum Gasteiger partial charge on any atom is -0.387 e. The van der Waals surface area contributed by atoms with Crippen LogP contribution in [-0.2, 0) is 25.0 Å². The largest absolute Gasteiger partial charge is 0.435 e. The Balaban J connectivity index is 2.14. The van der Waals surface area contributed by atoms with Crippen molar-refractivity contribution in [1.29, 1.82) is 0 Å². The Morgan fingerprint density at radius 2 is 1.47 bits per heavy atom. The van der Waals surface area contributed by atoms with Gasteiger partial charge in [-0.3, -0.25) is 4.79 Å². The molecule has 1 aliphatic rings. The van der Waals surface area contributed by atoms with Crippen molar-refractivity contribution in [2.45, 2.75) is 53.0 Å². The third-order valence-corrected chi connectivity index (χ3v) is 8.74. The first kappa shape index (κ1) is 27.8. The summed E-state index contributed by atoms with van der Waals surface area (Å²) >= 11 is 0. The minimum absolute atomic E-state index is 0.0199. The van der Waals surface area contributed by atoms with Crippen LogP contribution in [-0.4, -0.2) is 44.4 Å². The molecule has 0 radical (unpaired) electrons. The summed E-state index contributed by atoms with van der Waals surface area (Å²) in [5.41, 5.74) is -7.73. The Morgan fingerprint density at radius 1 is 0.944 bits per heavy atom. The summed E-state index contributed by atoms with van der Waals surface area (Å²) in [4.78, 5) is 11.2. The van der Waals surface area contributed by atoms with Gasteiger partial charge < -0.3 is 10.4 Å². The highest BCUT2D eigenvalue weighted by atomic mass is 32.2. The highest BCUT2D eigenvalue weighted by Gasteiger charge is 2.73. The summed E-state index contributed by atoms with van der Waals surface area (Å²) in [6.45, 7) is -0.906. The molecule has 3 rings (SSSR count). The Morgan fingerprint density at radius 3 is 1.94 bits per heavy atom. The van der Waals surface area contributed by atoms with Gasteiger partial charge >= 0.3 is 18.0 Å². The second-order valence-corrected chi connectivity index (χ2v) is 10.6. The number of aliphatic hydroxyl groups is 1. The third kappa shape index (κ3) is 4.56. The van der Waals surface area contributed by atoms with E-state index >= 15 is 0 Å². The van der Waals surface area contributed by atoms with Crippen LogP contribution in [0.3, 0.4) is 0 Å². The molecule has 0 aromatic heterocycles. The number of rotatable bonds is 6. The van der Waals surface area contributed by atoms with E-state index < -0.39 is 62.5 Å². The fourth-order valence-electron chi connectivity index (χ4n) is 4.40. The van der Waals surface area contributed by atoms with Crippen molar-refractivity contribution in [2.75, 3.05) is 6.61 Å². The predicted molar refractivity (Wildman–Crippen MR) is 109 cm³/mol. The smallest absolute Gasteiger partial charge is 0.387 e. The Hall–Kier alpha value is -2.74. The van der Waals surface area contributed by atoms with Crippen molar-refractivity contribution in [2.24, 2.45) is 0 Å². The number of halogens is 8. The maximum absolute atomic E-state index is 14.4. The lowest BCUT2D eigenvalue weighted by molar-refractivity contribution is -0.348. The average Bonchev–Trinajstić information content (AvgIpc) is 3.23. The number of nitrogens with one attached hydrogen (secondary N) is 1. The van der Waals surface area contributed by atoms with E-state index in [0.717, 1.165) is 24.3 Å². The highest BCUT2D eigenvalue weighted by molar-refractivity contribution is 7.92. The summed E-state index contributed by atoms with van der Waals surface area (Å²) < 4.78 is 132. The van der Waals surface area contributed by atoms with Crippen molar-refractivity contribution in [3.63, 3.8) is 0 Å². The number of benzene rings is 2. The first-order chi connectivity index (χ1) is 16.5. The van der Waals surface area contributed by atoms with E-state index in [2.05, 4.69) is 5.32 Å². The van der Waals surface area contributed by atoms with Gasteiger partial charge in [-0.25, -0.2) is 17.2 Å². The molecule has 0 unspecified atom stereocenters. The van der Waals surface area contributed by atoms with Crippen LogP contribution in [0.25, 0.3) is 0 Å². The quantitative estimate of drug-likeness (QED) is 0.415. The van der Waals surface area contributed by atoms with Crippen molar-refractivity contribution in [1.82, 2.24) is 5.32 Å². The van der Waals surface area contributed by atoms with Crippen molar-refractivity contribution < 1.29 is 53.4 Å². The molecule has 198 valence electrons. The molecule has 1 aliphatic carbocycles. The molecule has 2 aromatic rings. The predicted octanol–water partition coefficient (Wildman–Crippen LogP) is 4.45. The average molecular weight is 545 g/mol. The van der Waals surface area contributed by atoms with E-state index in [0.29, 0.717) is 12.1 Å². The van der Waals surface area contributed by atoms with Crippen LogP contribution in [0.15, 0.2) is 53.4 Å². The number of aliphatic hydroxyl groups excluding tert-OH is 1. The zero-order valence-electron chi connectivity index (χ0n) is 18.1. The van der Waals surface area contributed by atoms with Crippen LogP contribution in [0.2, 0.25) is 0 Å². The lowest BCUT2D eigenvalue weighted by atomic mass is 9.89. The first-order valence-electron chi connectivity index (χ1n) is 10.3. The number of hydrogen-bond acceptors (Lipinski definition) is 4. The van der Waals surface area contributed by atoms with Crippen LogP contribution in [0, 0.1) is 5.82 Å². The molecule has 0 aliphatic heterocycles. The van der Waals surface area contributed by atoms with Crippen molar-refractivity contribution >= 4 is 15.7 Å². The van der Waals surface area contributed by atoms with Gasteiger partial charge in [0.15, 0.2) is 9.84 Å². The van der Waals surface area contributed by atoms with Gasteiger partial charge in [-0.15, -0.1) is 0 Å². The van der Waals surface area contributed by atoms with Crippen LogP contribution < -0.4 is 5.32 Å².